The molecule has 2 aromatic heterocycles. The van der Waals surface area contributed by atoms with Crippen LogP contribution in [0.1, 0.15) is 11.3 Å². The molecule has 0 aliphatic rings. The lowest BCUT2D eigenvalue weighted by molar-refractivity contribution is 0.693. The third-order valence-corrected chi connectivity index (χ3v) is 3.61. The molecule has 1 aromatic carbocycles. The monoisotopic (exact) mass is 288 g/mol. The minimum atomic E-state index is -0.170. The van der Waals surface area contributed by atoms with Crippen molar-refractivity contribution in [1.29, 1.82) is 0 Å². The molecule has 20 heavy (non-hydrogen) atoms. The van der Waals surface area contributed by atoms with E-state index in [0.29, 0.717) is 23.3 Å². The molecular weight excluding hydrogens is 276 g/mol. The normalized spacial score (nSPS) is 11.2. The van der Waals surface area contributed by atoms with E-state index in [0.717, 1.165) is 5.56 Å². The van der Waals surface area contributed by atoms with E-state index in [1.165, 1.54) is 4.57 Å². The van der Waals surface area contributed by atoms with Crippen LogP contribution in [0.4, 0.5) is 0 Å². The van der Waals surface area contributed by atoms with Crippen molar-refractivity contribution < 1.29 is 0 Å². The Labute approximate surface area is 120 Å². The second-order valence-electron chi connectivity index (χ2n) is 4.67. The first-order valence-electron chi connectivity index (χ1n) is 6.21. The second kappa shape index (κ2) is 4.76. The van der Waals surface area contributed by atoms with Gasteiger partial charge in [0.15, 0.2) is 5.65 Å². The zero-order valence-electron chi connectivity index (χ0n) is 11.2. The number of aromatic nitrogens is 4. The quantitative estimate of drug-likeness (QED) is 0.679. The lowest BCUT2D eigenvalue weighted by Crippen LogP contribution is -2.19. The molecule has 0 saturated carbocycles. The first-order chi connectivity index (χ1) is 9.58. The summed E-state index contributed by atoms with van der Waals surface area (Å²) in [7, 11) is 1.60. The van der Waals surface area contributed by atoms with E-state index in [4.69, 9.17) is 11.6 Å². The summed E-state index contributed by atoms with van der Waals surface area (Å²) in [5.74, 6) is 0. The van der Waals surface area contributed by atoms with Gasteiger partial charge < -0.3 is 0 Å². The summed E-state index contributed by atoms with van der Waals surface area (Å²) in [5.41, 5.74) is 2.12. The summed E-state index contributed by atoms with van der Waals surface area (Å²) in [6.07, 6.45) is 0. The highest BCUT2D eigenvalue weighted by Crippen LogP contribution is 2.16. The van der Waals surface area contributed by atoms with Crippen LogP contribution in [-0.4, -0.2) is 19.3 Å². The van der Waals surface area contributed by atoms with Crippen LogP contribution in [0, 0.1) is 6.92 Å². The van der Waals surface area contributed by atoms with Gasteiger partial charge in [-0.3, -0.25) is 9.36 Å². The van der Waals surface area contributed by atoms with E-state index >= 15 is 0 Å². The van der Waals surface area contributed by atoms with Gasteiger partial charge in [0.2, 0.25) is 5.28 Å². The van der Waals surface area contributed by atoms with Crippen LogP contribution in [0.5, 0.6) is 0 Å². The highest BCUT2D eigenvalue weighted by molar-refractivity contribution is 6.28. The Bertz CT molecular complexity index is 836. The fourth-order valence-corrected chi connectivity index (χ4v) is 2.37. The Hall–Kier alpha value is -2.14. The summed E-state index contributed by atoms with van der Waals surface area (Å²) < 4.78 is 3.04. The van der Waals surface area contributed by atoms with E-state index < -0.39 is 0 Å². The molecule has 5 nitrogen and oxygen atoms in total. The van der Waals surface area contributed by atoms with Gasteiger partial charge in [-0.15, -0.1) is 0 Å². The molecule has 0 N–H and O–H groups in total. The minimum Gasteiger partial charge on any atom is -0.286 e. The van der Waals surface area contributed by atoms with Crippen molar-refractivity contribution in [3.63, 3.8) is 0 Å². The summed E-state index contributed by atoms with van der Waals surface area (Å²) in [4.78, 5) is 16.5. The van der Waals surface area contributed by atoms with E-state index in [9.17, 15) is 4.79 Å². The van der Waals surface area contributed by atoms with Gasteiger partial charge in [-0.1, -0.05) is 30.3 Å². The second-order valence-corrected chi connectivity index (χ2v) is 5.01. The highest BCUT2D eigenvalue weighted by atomic mass is 35.5. The van der Waals surface area contributed by atoms with E-state index in [1.807, 2.05) is 30.3 Å². The van der Waals surface area contributed by atoms with Crippen LogP contribution >= 0.6 is 11.6 Å². The molecule has 0 aliphatic carbocycles. The lowest BCUT2D eigenvalue weighted by Gasteiger charge is -2.04. The average molecular weight is 289 g/mol. The summed E-state index contributed by atoms with van der Waals surface area (Å²) in [6.45, 7) is 2.36. The zero-order valence-corrected chi connectivity index (χ0v) is 11.9. The fraction of sp³-hybridized carbons (Fsp3) is 0.214. The van der Waals surface area contributed by atoms with Crippen LogP contribution in [0.3, 0.4) is 0 Å². The number of fused-ring (bicyclic) bond motifs is 1. The summed E-state index contributed by atoms with van der Waals surface area (Å²) in [5, 5.41) is 5.10. The first kappa shape index (κ1) is 12.9. The molecular formula is C14H13ClN4O. The zero-order chi connectivity index (χ0) is 14.3. The van der Waals surface area contributed by atoms with Gasteiger partial charge in [0.25, 0.3) is 5.56 Å². The molecule has 0 amide bonds. The standard InChI is InChI=1S/C14H13ClN4O/c1-9-11-12(16-14(15)18(2)13(11)20)19(17-9)8-10-6-4-3-5-7-10/h3-7H,8H2,1-2H3. The van der Waals surface area contributed by atoms with Gasteiger partial charge in [-0.2, -0.15) is 10.1 Å². The summed E-state index contributed by atoms with van der Waals surface area (Å²) >= 11 is 5.99. The van der Waals surface area contributed by atoms with Crippen molar-refractivity contribution in [2.45, 2.75) is 13.5 Å². The van der Waals surface area contributed by atoms with Crippen LogP contribution < -0.4 is 5.56 Å². The number of rotatable bonds is 2. The van der Waals surface area contributed by atoms with E-state index in [1.54, 1.807) is 18.7 Å². The van der Waals surface area contributed by atoms with E-state index in [-0.39, 0.29) is 10.8 Å². The predicted molar refractivity (Wildman–Crippen MR) is 78.1 cm³/mol. The molecule has 0 bridgehead atoms. The van der Waals surface area contributed by atoms with Crippen LogP contribution in [-0.2, 0) is 13.6 Å². The Balaban J connectivity index is 2.21. The SMILES string of the molecule is Cc1nn(Cc2ccccc2)c2nc(Cl)n(C)c(=O)c12. The number of nitrogens with zero attached hydrogens (tertiary/aromatic N) is 4. The Morgan fingerprint density at radius 2 is 1.95 bits per heavy atom. The molecule has 102 valence electrons. The van der Waals surface area contributed by atoms with Crippen molar-refractivity contribution in [2.24, 2.45) is 7.05 Å². The molecule has 0 saturated heterocycles. The number of aryl methyl sites for hydroxylation is 1. The molecule has 0 aliphatic heterocycles. The maximum atomic E-state index is 12.2. The fourth-order valence-electron chi connectivity index (χ4n) is 2.21. The molecule has 0 fully saturated rings. The number of hydrogen-bond donors (Lipinski definition) is 0. The molecule has 0 spiro atoms. The van der Waals surface area contributed by atoms with Gasteiger partial charge in [0.1, 0.15) is 5.39 Å². The maximum absolute atomic E-state index is 12.2. The molecule has 3 rings (SSSR count). The topological polar surface area (TPSA) is 52.7 Å². The third-order valence-electron chi connectivity index (χ3n) is 3.27. The molecule has 0 atom stereocenters. The smallest absolute Gasteiger partial charge is 0.265 e. The molecule has 0 radical (unpaired) electrons. The summed E-state index contributed by atoms with van der Waals surface area (Å²) in [6, 6.07) is 9.90. The van der Waals surface area contributed by atoms with Crippen molar-refractivity contribution >= 4 is 22.6 Å². The van der Waals surface area contributed by atoms with Gasteiger partial charge in [-0.25, -0.2) is 4.68 Å². The van der Waals surface area contributed by atoms with Gasteiger partial charge in [0, 0.05) is 7.05 Å². The van der Waals surface area contributed by atoms with Crippen molar-refractivity contribution in [3.05, 3.63) is 57.2 Å². The maximum Gasteiger partial charge on any atom is 0.265 e. The molecule has 0 unspecified atom stereocenters. The van der Waals surface area contributed by atoms with Crippen LogP contribution in [0.25, 0.3) is 11.0 Å². The number of halogens is 1. The Morgan fingerprint density at radius 1 is 1.25 bits per heavy atom. The predicted octanol–water partition coefficient (Wildman–Crippen LogP) is 2.14. The van der Waals surface area contributed by atoms with Crippen LogP contribution in [0.2, 0.25) is 5.28 Å². The van der Waals surface area contributed by atoms with Gasteiger partial charge in [-0.05, 0) is 24.1 Å². The highest BCUT2D eigenvalue weighted by Gasteiger charge is 2.15. The Morgan fingerprint density at radius 3 is 2.65 bits per heavy atom. The molecule has 3 aromatic rings. The van der Waals surface area contributed by atoms with Gasteiger partial charge in [0.05, 0.1) is 12.2 Å². The van der Waals surface area contributed by atoms with Crippen molar-refractivity contribution in [3.8, 4) is 0 Å². The lowest BCUT2D eigenvalue weighted by atomic mass is 10.2. The largest absolute Gasteiger partial charge is 0.286 e. The molecule has 2 heterocycles. The minimum absolute atomic E-state index is 0.164. The van der Waals surface area contributed by atoms with Crippen molar-refractivity contribution in [2.75, 3.05) is 0 Å². The number of hydrogen-bond acceptors (Lipinski definition) is 3. The van der Waals surface area contributed by atoms with Crippen molar-refractivity contribution in [1.82, 2.24) is 19.3 Å². The first-order valence-corrected chi connectivity index (χ1v) is 6.59. The average Bonchev–Trinajstić information content (AvgIpc) is 2.73. The Kier molecular flexibility index (Phi) is 3.06. The van der Waals surface area contributed by atoms with E-state index in [2.05, 4.69) is 10.1 Å². The van der Waals surface area contributed by atoms with Gasteiger partial charge >= 0.3 is 0 Å². The molecule has 6 heteroatoms. The number of benzene rings is 1. The van der Waals surface area contributed by atoms with Crippen LogP contribution in [0.15, 0.2) is 35.1 Å². The third kappa shape index (κ3) is 2.00.